The molecule has 3 amide bonds. The Morgan fingerprint density at radius 1 is 1.21 bits per heavy atom. The summed E-state index contributed by atoms with van der Waals surface area (Å²) in [4.78, 5) is 36.6. The second-order valence-corrected chi connectivity index (χ2v) is 10.6. The number of hydrogen-bond acceptors (Lipinski definition) is 6. The first-order chi connectivity index (χ1) is 13.8. The molecule has 1 aromatic carbocycles. The van der Waals surface area contributed by atoms with Crippen LogP contribution in [-0.2, 0) is 14.8 Å². The predicted octanol–water partition coefficient (Wildman–Crippen LogP) is 2.32. The molecule has 2 aliphatic heterocycles. The maximum atomic E-state index is 12.8. The van der Waals surface area contributed by atoms with Gasteiger partial charge in [-0.2, -0.15) is 4.31 Å². The summed E-state index contributed by atoms with van der Waals surface area (Å²) in [5.74, 6) is -2.05. The van der Waals surface area contributed by atoms with E-state index in [1.165, 1.54) is 22.5 Å². The van der Waals surface area contributed by atoms with Gasteiger partial charge in [-0.15, -0.1) is 11.3 Å². The molecule has 8 nitrogen and oxygen atoms in total. The molecular weight excluding hydrogens is 438 g/mol. The van der Waals surface area contributed by atoms with Gasteiger partial charge in [0.25, 0.3) is 21.8 Å². The fourth-order valence-electron chi connectivity index (χ4n) is 3.50. The number of amides is 3. The first-order valence-electron chi connectivity index (χ1n) is 8.82. The molecule has 29 heavy (non-hydrogen) atoms. The Bertz CT molecular complexity index is 1130. The lowest BCUT2D eigenvalue weighted by Crippen LogP contribution is -2.43. The summed E-state index contributed by atoms with van der Waals surface area (Å²) in [5.41, 5.74) is 0.565. The SMILES string of the molecule is O=C1NC(=O)c2c(NC(=O)C3CCCN(S(=O)(=O)c4ccc(Cl)s4)C3)cccc21. The third-order valence-corrected chi connectivity index (χ3v) is 8.48. The van der Waals surface area contributed by atoms with Crippen molar-refractivity contribution in [3.05, 3.63) is 45.8 Å². The number of benzene rings is 1. The summed E-state index contributed by atoms with van der Waals surface area (Å²) < 4.78 is 27.4. The van der Waals surface area contributed by atoms with Crippen molar-refractivity contribution in [3.63, 3.8) is 0 Å². The van der Waals surface area contributed by atoms with Crippen LogP contribution in [0.2, 0.25) is 4.34 Å². The van der Waals surface area contributed by atoms with E-state index >= 15 is 0 Å². The molecule has 11 heteroatoms. The zero-order chi connectivity index (χ0) is 20.8. The van der Waals surface area contributed by atoms with Crippen molar-refractivity contribution in [2.45, 2.75) is 17.1 Å². The highest BCUT2D eigenvalue weighted by Gasteiger charge is 2.35. The highest BCUT2D eigenvalue weighted by Crippen LogP contribution is 2.31. The largest absolute Gasteiger partial charge is 0.325 e. The molecule has 1 saturated heterocycles. The summed E-state index contributed by atoms with van der Waals surface area (Å²) in [6.07, 6.45) is 1.05. The van der Waals surface area contributed by atoms with Gasteiger partial charge in [-0.3, -0.25) is 19.7 Å². The average Bonchev–Trinajstić information content (AvgIpc) is 3.26. The Morgan fingerprint density at radius 3 is 2.72 bits per heavy atom. The summed E-state index contributed by atoms with van der Waals surface area (Å²) in [5, 5.41) is 4.88. The molecule has 0 radical (unpaired) electrons. The monoisotopic (exact) mass is 453 g/mol. The number of sulfonamides is 1. The minimum absolute atomic E-state index is 0.0316. The number of fused-ring (bicyclic) bond motifs is 1. The van der Waals surface area contributed by atoms with E-state index in [1.807, 2.05) is 0 Å². The van der Waals surface area contributed by atoms with E-state index < -0.39 is 33.7 Å². The molecule has 152 valence electrons. The van der Waals surface area contributed by atoms with E-state index in [0.29, 0.717) is 23.7 Å². The molecule has 0 aliphatic carbocycles. The molecule has 0 saturated carbocycles. The molecule has 3 heterocycles. The van der Waals surface area contributed by atoms with Gasteiger partial charge in [0.05, 0.1) is 27.1 Å². The van der Waals surface area contributed by atoms with Gasteiger partial charge in [0.1, 0.15) is 4.21 Å². The second-order valence-electron chi connectivity index (χ2n) is 6.76. The average molecular weight is 454 g/mol. The molecule has 1 aromatic heterocycles. The van der Waals surface area contributed by atoms with E-state index in [0.717, 1.165) is 11.3 Å². The van der Waals surface area contributed by atoms with Crippen LogP contribution in [0, 0.1) is 5.92 Å². The van der Waals surface area contributed by atoms with E-state index in [-0.39, 0.29) is 27.6 Å². The summed E-state index contributed by atoms with van der Waals surface area (Å²) >= 11 is 6.83. The number of hydrogen-bond donors (Lipinski definition) is 2. The third-order valence-electron chi connectivity index (χ3n) is 4.92. The Labute approximate surface area is 175 Å². The molecule has 1 unspecified atom stereocenters. The van der Waals surface area contributed by atoms with Crippen LogP contribution in [0.1, 0.15) is 33.6 Å². The standard InChI is InChI=1S/C18H16ClN3O5S2/c19-13-6-7-14(28-13)29(26,27)22-8-2-3-10(9-22)16(23)20-12-5-1-4-11-15(12)18(25)21-17(11)24/h1,4-7,10H,2-3,8-9H2,(H,20,23)(H,21,24,25). The minimum atomic E-state index is -3.73. The van der Waals surface area contributed by atoms with E-state index in [1.54, 1.807) is 12.1 Å². The number of nitrogens with one attached hydrogen (secondary N) is 2. The van der Waals surface area contributed by atoms with Gasteiger partial charge in [0.2, 0.25) is 5.91 Å². The summed E-state index contributed by atoms with van der Waals surface area (Å²) in [6, 6.07) is 7.60. The molecule has 1 atom stereocenters. The quantitative estimate of drug-likeness (QED) is 0.690. The first kappa shape index (κ1) is 20.0. The van der Waals surface area contributed by atoms with Crippen LogP contribution < -0.4 is 10.6 Å². The van der Waals surface area contributed by atoms with Crippen molar-refractivity contribution < 1.29 is 22.8 Å². The highest BCUT2D eigenvalue weighted by atomic mass is 35.5. The lowest BCUT2D eigenvalue weighted by atomic mass is 9.98. The van der Waals surface area contributed by atoms with Crippen molar-refractivity contribution >= 4 is 56.4 Å². The second kappa shape index (κ2) is 7.52. The van der Waals surface area contributed by atoms with E-state index in [9.17, 15) is 22.8 Å². The van der Waals surface area contributed by atoms with Gasteiger partial charge in [-0.05, 0) is 37.1 Å². The molecule has 2 aliphatic rings. The molecule has 1 fully saturated rings. The van der Waals surface area contributed by atoms with Gasteiger partial charge >= 0.3 is 0 Å². The number of nitrogens with zero attached hydrogens (tertiary/aromatic N) is 1. The number of halogens is 1. The number of rotatable bonds is 4. The Morgan fingerprint density at radius 2 is 2.00 bits per heavy atom. The number of thiophene rings is 1. The van der Waals surface area contributed by atoms with Crippen LogP contribution >= 0.6 is 22.9 Å². The van der Waals surface area contributed by atoms with Gasteiger partial charge in [-0.25, -0.2) is 8.42 Å². The number of piperidine rings is 1. The Balaban J connectivity index is 1.52. The van der Waals surface area contributed by atoms with Crippen LogP contribution in [0.3, 0.4) is 0 Å². The fourth-order valence-corrected chi connectivity index (χ4v) is 6.66. The summed E-state index contributed by atoms with van der Waals surface area (Å²) in [7, 11) is -3.73. The maximum Gasteiger partial charge on any atom is 0.261 e. The summed E-state index contributed by atoms with van der Waals surface area (Å²) in [6.45, 7) is 0.350. The fraction of sp³-hybridized carbons (Fsp3) is 0.278. The van der Waals surface area contributed by atoms with E-state index in [2.05, 4.69) is 10.6 Å². The molecule has 4 rings (SSSR count). The van der Waals surface area contributed by atoms with Crippen molar-refractivity contribution in [1.82, 2.24) is 9.62 Å². The van der Waals surface area contributed by atoms with Gasteiger partial charge in [0.15, 0.2) is 0 Å². The molecule has 0 spiro atoms. The first-order valence-corrected chi connectivity index (χ1v) is 11.5. The van der Waals surface area contributed by atoms with E-state index in [4.69, 9.17) is 11.6 Å². The number of anilines is 1. The molecule has 0 bridgehead atoms. The van der Waals surface area contributed by atoms with Gasteiger partial charge < -0.3 is 5.32 Å². The minimum Gasteiger partial charge on any atom is -0.325 e. The van der Waals surface area contributed by atoms with Crippen LogP contribution in [-0.4, -0.2) is 43.5 Å². The predicted molar refractivity (Wildman–Crippen MR) is 108 cm³/mol. The van der Waals surface area contributed by atoms with Crippen molar-refractivity contribution in [2.24, 2.45) is 5.92 Å². The van der Waals surface area contributed by atoms with Crippen LogP contribution in [0.15, 0.2) is 34.5 Å². The zero-order valence-electron chi connectivity index (χ0n) is 15.0. The van der Waals surface area contributed by atoms with Crippen LogP contribution in [0.25, 0.3) is 0 Å². The zero-order valence-corrected chi connectivity index (χ0v) is 17.4. The third kappa shape index (κ3) is 3.68. The number of carbonyl (C=O) groups is 3. The topological polar surface area (TPSA) is 113 Å². The smallest absolute Gasteiger partial charge is 0.261 e. The molecule has 2 aromatic rings. The van der Waals surface area contributed by atoms with Crippen LogP contribution in [0.4, 0.5) is 5.69 Å². The van der Waals surface area contributed by atoms with Crippen molar-refractivity contribution in [2.75, 3.05) is 18.4 Å². The maximum absolute atomic E-state index is 12.8. The number of carbonyl (C=O) groups excluding carboxylic acids is 3. The lowest BCUT2D eigenvalue weighted by molar-refractivity contribution is -0.120. The van der Waals surface area contributed by atoms with Crippen LogP contribution in [0.5, 0.6) is 0 Å². The van der Waals surface area contributed by atoms with Gasteiger partial charge in [-0.1, -0.05) is 17.7 Å². The van der Waals surface area contributed by atoms with Gasteiger partial charge in [0, 0.05) is 13.1 Å². The Kier molecular flexibility index (Phi) is 5.19. The van der Waals surface area contributed by atoms with Crippen molar-refractivity contribution in [3.8, 4) is 0 Å². The lowest BCUT2D eigenvalue weighted by Gasteiger charge is -2.30. The molecule has 2 N–H and O–H groups in total. The highest BCUT2D eigenvalue weighted by molar-refractivity contribution is 7.91. The normalized spacial score (nSPS) is 19.7. The number of imide groups is 1. The van der Waals surface area contributed by atoms with Crippen molar-refractivity contribution in [1.29, 1.82) is 0 Å². The molecular formula is C18H16ClN3O5S2. The Hall–Kier alpha value is -2.27.